The first-order valence-corrected chi connectivity index (χ1v) is 10.9. The lowest BCUT2D eigenvalue weighted by Gasteiger charge is -2.24. The summed E-state index contributed by atoms with van der Waals surface area (Å²) >= 11 is 7.47. The monoisotopic (exact) mass is 386 g/mol. The highest BCUT2D eigenvalue weighted by Crippen LogP contribution is 2.41. The van der Waals surface area contributed by atoms with E-state index in [9.17, 15) is 13.2 Å². The lowest BCUT2D eigenvalue weighted by molar-refractivity contribution is -0.121. The number of rotatable bonds is 3. The number of halogens is 1. The Morgan fingerprint density at radius 1 is 1.46 bits per heavy atom. The number of fused-ring (bicyclic) bond motifs is 1. The van der Waals surface area contributed by atoms with Gasteiger partial charge in [-0.2, -0.15) is 4.99 Å². The molecule has 8 heteroatoms. The maximum absolute atomic E-state index is 12.2. The second-order valence-corrected chi connectivity index (χ2v) is 9.99. The van der Waals surface area contributed by atoms with Gasteiger partial charge in [-0.3, -0.25) is 4.79 Å². The maximum atomic E-state index is 12.2. The van der Waals surface area contributed by atoms with E-state index < -0.39 is 9.84 Å². The van der Waals surface area contributed by atoms with E-state index in [1.54, 1.807) is 12.1 Å². The van der Waals surface area contributed by atoms with Gasteiger partial charge in [-0.15, -0.1) is 0 Å². The van der Waals surface area contributed by atoms with Crippen molar-refractivity contribution in [1.29, 1.82) is 0 Å². The summed E-state index contributed by atoms with van der Waals surface area (Å²) in [6, 6.07) is 7.01. The molecule has 0 N–H and O–H groups in total. The second kappa shape index (κ2) is 6.69. The molecule has 1 amide bonds. The molecule has 2 fully saturated rings. The fraction of sp³-hybridized carbons (Fsp3) is 0.500. The molecule has 2 aliphatic heterocycles. The van der Waals surface area contributed by atoms with Crippen LogP contribution in [0.3, 0.4) is 0 Å². The average molecular weight is 387 g/mol. The highest BCUT2D eigenvalue weighted by atomic mass is 35.5. The molecule has 0 radical (unpaired) electrons. The van der Waals surface area contributed by atoms with Crippen LogP contribution in [0.5, 0.6) is 0 Å². The van der Waals surface area contributed by atoms with Gasteiger partial charge in [0.15, 0.2) is 15.0 Å². The van der Waals surface area contributed by atoms with Gasteiger partial charge in [0.2, 0.25) is 0 Å². The number of amidine groups is 1. The molecule has 0 spiro atoms. The Labute approximate surface area is 151 Å². The Bertz CT molecular complexity index is 794. The van der Waals surface area contributed by atoms with Gasteiger partial charge < -0.3 is 4.90 Å². The van der Waals surface area contributed by atoms with Crippen LogP contribution in [-0.4, -0.2) is 42.3 Å². The number of amides is 1. The average Bonchev–Trinajstić information content (AvgIpc) is 2.97. The number of carbonyl (C=O) groups excluding carboxylic acids is 1. The molecule has 0 saturated carbocycles. The highest BCUT2D eigenvalue weighted by Gasteiger charge is 2.49. The molecule has 24 heavy (non-hydrogen) atoms. The zero-order chi connectivity index (χ0) is 17.5. The molecule has 1 aromatic rings. The van der Waals surface area contributed by atoms with E-state index in [0.29, 0.717) is 10.2 Å². The molecular weight excluding hydrogens is 368 g/mol. The van der Waals surface area contributed by atoms with Crippen LogP contribution in [0.15, 0.2) is 29.3 Å². The van der Waals surface area contributed by atoms with Crippen molar-refractivity contribution in [1.82, 2.24) is 0 Å². The van der Waals surface area contributed by atoms with Crippen LogP contribution in [0, 0.1) is 5.92 Å². The first-order chi connectivity index (χ1) is 11.3. The van der Waals surface area contributed by atoms with Gasteiger partial charge in [0.25, 0.3) is 5.91 Å². The molecule has 130 valence electrons. The molecule has 2 aliphatic rings. The quantitative estimate of drug-likeness (QED) is 0.798. The standard InChI is InChI=1S/C16H19ClN2O3S2/c1-3-10(2)15(20)18-16-19(12-6-4-5-11(17)7-12)13-8-24(21,22)9-14(13)23-16/h4-7,10,13-14H,3,8-9H2,1-2H3. The van der Waals surface area contributed by atoms with Crippen LogP contribution in [0.25, 0.3) is 0 Å². The van der Waals surface area contributed by atoms with Crippen LogP contribution < -0.4 is 4.90 Å². The van der Waals surface area contributed by atoms with Crippen molar-refractivity contribution in [3.05, 3.63) is 29.3 Å². The number of sulfone groups is 1. The van der Waals surface area contributed by atoms with Gasteiger partial charge in [0.05, 0.1) is 17.5 Å². The van der Waals surface area contributed by atoms with E-state index in [1.165, 1.54) is 11.8 Å². The van der Waals surface area contributed by atoms with Crippen molar-refractivity contribution in [3.8, 4) is 0 Å². The lowest BCUT2D eigenvalue weighted by atomic mass is 10.1. The lowest BCUT2D eigenvalue weighted by Crippen LogP contribution is -2.37. The fourth-order valence-corrected chi connectivity index (χ4v) is 6.98. The van der Waals surface area contributed by atoms with Gasteiger partial charge in [0.1, 0.15) is 0 Å². The predicted molar refractivity (Wildman–Crippen MR) is 99.6 cm³/mol. The predicted octanol–water partition coefficient (Wildman–Crippen LogP) is 2.99. The third-order valence-corrected chi connectivity index (χ3v) is 7.84. The summed E-state index contributed by atoms with van der Waals surface area (Å²) < 4.78 is 24.0. The topological polar surface area (TPSA) is 66.8 Å². The van der Waals surface area contributed by atoms with Crippen molar-refractivity contribution >= 4 is 50.0 Å². The number of carbonyl (C=O) groups is 1. The minimum absolute atomic E-state index is 0.0771. The van der Waals surface area contributed by atoms with Crippen LogP contribution in [0.2, 0.25) is 5.02 Å². The highest BCUT2D eigenvalue weighted by molar-refractivity contribution is 8.16. The van der Waals surface area contributed by atoms with E-state index in [4.69, 9.17) is 11.6 Å². The number of nitrogens with zero attached hydrogens (tertiary/aromatic N) is 2. The largest absolute Gasteiger partial charge is 0.316 e. The van der Waals surface area contributed by atoms with Gasteiger partial charge in [-0.05, 0) is 24.6 Å². The zero-order valence-corrected chi connectivity index (χ0v) is 15.9. The number of hydrogen-bond donors (Lipinski definition) is 0. The molecule has 3 atom stereocenters. The molecule has 0 aliphatic carbocycles. The third-order valence-electron chi connectivity index (χ3n) is 4.39. The first kappa shape index (κ1) is 17.8. The summed E-state index contributed by atoms with van der Waals surface area (Å²) in [7, 11) is -3.06. The van der Waals surface area contributed by atoms with Gasteiger partial charge in [0, 0.05) is 21.9 Å². The van der Waals surface area contributed by atoms with Crippen molar-refractivity contribution in [3.63, 3.8) is 0 Å². The molecule has 1 aromatic carbocycles. The summed E-state index contributed by atoms with van der Waals surface area (Å²) in [5.41, 5.74) is 0.773. The van der Waals surface area contributed by atoms with E-state index in [2.05, 4.69) is 4.99 Å². The molecular formula is C16H19ClN2O3S2. The van der Waals surface area contributed by atoms with Crippen molar-refractivity contribution in [2.24, 2.45) is 10.9 Å². The smallest absolute Gasteiger partial charge is 0.250 e. The molecule has 3 unspecified atom stereocenters. The molecule has 0 bridgehead atoms. The Kier molecular flexibility index (Phi) is 4.95. The van der Waals surface area contributed by atoms with Crippen molar-refractivity contribution in [2.45, 2.75) is 31.6 Å². The van der Waals surface area contributed by atoms with Gasteiger partial charge >= 0.3 is 0 Å². The van der Waals surface area contributed by atoms with Crippen molar-refractivity contribution < 1.29 is 13.2 Å². The van der Waals surface area contributed by atoms with Crippen LogP contribution in [-0.2, 0) is 14.6 Å². The number of hydrogen-bond acceptors (Lipinski definition) is 4. The molecule has 3 rings (SSSR count). The van der Waals surface area contributed by atoms with E-state index in [0.717, 1.165) is 12.1 Å². The Morgan fingerprint density at radius 3 is 2.88 bits per heavy atom. The number of anilines is 1. The van der Waals surface area contributed by atoms with Gasteiger partial charge in [-0.25, -0.2) is 8.42 Å². The van der Waals surface area contributed by atoms with Crippen LogP contribution >= 0.6 is 23.4 Å². The summed E-state index contributed by atoms with van der Waals surface area (Å²) in [6.45, 7) is 3.79. The minimum Gasteiger partial charge on any atom is -0.316 e. The Hall–Kier alpha value is -1.05. The minimum atomic E-state index is -3.06. The third kappa shape index (κ3) is 3.48. The Morgan fingerprint density at radius 2 is 2.21 bits per heavy atom. The van der Waals surface area contributed by atoms with Crippen LogP contribution in [0.4, 0.5) is 5.69 Å². The van der Waals surface area contributed by atoms with Crippen LogP contribution in [0.1, 0.15) is 20.3 Å². The SMILES string of the molecule is CCC(C)C(=O)N=C1SC2CS(=O)(=O)CC2N1c1cccc(Cl)c1. The number of thioether (sulfide) groups is 1. The maximum Gasteiger partial charge on any atom is 0.250 e. The van der Waals surface area contributed by atoms with E-state index in [1.807, 2.05) is 30.9 Å². The summed E-state index contributed by atoms with van der Waals surface area (Å²) in [4.78, 5) is 18.4. The zero-order valence-electron chi connectivity index (χ0n) is 13.5. The fourth-order valence-electron chi connectivity index (χ4n) is 2.87. The molecule has 2 saturated heterocycles. The number of aliphatic imine (C=N–C) groups is 1. The molecule has 0 aromatic heterocycles. The normalized spacial score (nSPS) is 28.1. The summed E-state index contributed by atoms with van der Waals surface area (Å²) in [5, 5.41) is 1.04. The van der Waals surface area contributed by atoms with E-state index in [-0.39, 0.29) is 34.6 Å². The Balaban J connectivity index is 2.00. The first-order valence-electron chi connectivity index (χ1n) is 7.85. The summed E-state index contributed by atoms with van der Waals surface area (Å²) in [5.74, 6) is -0.123. The van der Waals surface area contributed by atoms with Gasteiger partial charge in [-0.1, -0.05) is 43.3 Å². The number of benzene rings is 1. The second-order valence-electron chi connectivity index (χ2n) is 6.19. The molecule has 5 nitrogen and oxygen atoms in total. The molecule has 2 heterocycles. The summed E-state index contributed by atoms with van der Waals surface area (Å²) in [6.07, 6.45) is 0.721. The van der Waals surface area contributed by atoms with Crippen molar-refractivity contribution in [2.75, 3.05) is 16.4 Å². The van der Waals surface area contributed by atoms with E-state index >= 15 is 0 Å².